The lowest BCUT2D eigenvalue weighted by molar-refractivity contribution is 0.567. The molecule has 0 bridgehead atoms. The summed E-state index contributed by atoms with van der Waals surface area (Å²) in [7, 11) is -3.31. The molecule has 0 spiro atoms. The van der Waals surface area contributed by atoms with Crippen LogP contribution < -0.4 is 10.2 Å². The molecule has 3 aromatic rings. The molecule has 0 saturated heterocycles. The van der Waals surface area contributed by atoms with Crippen LogP contribution in [-0.2, 0) is 15.3 Å². The summed E-state index contributed by atoms with van der Waals surface area (Å²) in [6.45, 7) is 6.60. The Balaban J connectivity index is 1.72. The molecular weight excluding hydrogens is 422 g/mol. The highest BCUT2D eigenvalue weighted by Gasteiger charge is 2.37. The van der Waals surface area contributed by atoms with Crippen molar-refractivity contribution < 1.29 is 8.42 Å². The van der Waals surface area contributed by atoms with Gasteiger partial charge in [-0.3, -0.25) is 0 Å². The monoisotopic (exact) mass is 443 g/mol. The molecule has 9 heteroatoms. The van der Waals surface area contributed by atoms with Crippen LogP contribution in [0, 0.1) is 0 Å². The second-order valence-corrected chi connectivity index (χ2v) is 10.5. The Morgan fingerprint density at radius 1 is 1.10 bits per heavy atom. The van der Waals surface area contributed by atoms with Gasteiger partial charge in [0.15, 0.2) is 9.84 Å². The Kier molecular flexibility index (Phi) is 5.15. The van der Waals surface area contributed by atoms with Crippen LogP contribution in [0.3, 0.4) is 0 Å². The van der Waals surface area contributed by atoms with Crippen molar-refractivity contribution in [2.75, 3.05) is 22.5 Å². The summed E-state index contributed by atoms with van der Waals surface area (Å²) in [6.07, 6.45) is 3.03. The first-order chi connectivity index (χ1) is 14.2. The number of pyridine rings is 1. The molecule has 7 nitrogen and oxygen atoms in total. The smallest absolute Gasteiger partial charge is 0.178 e. The van der Waals surface area contributed by atoms with Crippen molar-refractivity contribution in [1.82, 2.24) is 15.0 Å². The minimum Gasteiger partial charge on any atom is -0.325 e. The summed E-state index contributed by atoms with van der Waals surface area (Å²) in [4.78, 5) is 15.3. The number of aromatic nitrogens is 3. The highest BCUT2D eigenvalue weighted by atomic mass is 35.5. The van der Waals surface area contributed by atoms with E-state index < -0.39 is 9.84 Å². The molecule has 0 fully saturated rings. The molecule has 1 aliphatic rings. The predicted molar refractivity (Wildman–Crippen MR) is 119 cm³/mol. The molecule has 0 aliphatic carbocycles. The summed E-state index contributed by atoms with van der Waals surface area (Å²) in [5, 5.41) is 3.69. The topological polar surface area (TPSA) is 88.1 Å². The van der Waals surface area contributed by atoms with E-state index in [0.717, 1.165) is 11.3 Å². The first-order valence-corrected chi connectivity index (χ1v) is 11.6. The molecule has 0 saturated carbocycles. The molecule has 0 atom stereocenters. The third-order valence-electron chi connectivity index (χ3n) is 5.19. The maximum atomic E-state index is 12.4. The van der Waals surface area contributed by atoms with E-state index in [2.05, 4.69) is 34.1 Å². The maximum Gasteiger partial charge on any atom is 0.178 e. The molecule has 0 radical (unpaired) electrons. The van der Waals surface area contributed by atoms with Gasteiger partial charge in [-0.05, 0) is 29.8 Å². The number of anilines is 4. The molecular formula is C21H22ClN5O2S. The maximum absolute atomic E-state index is 12.4. The Hall–Kier alpha value is -2.71. The minimum atomic E-state index is -3.31. The molecule has 1 N–H and O–H groups in total. The first-order valence-electron chi connectivity index (χ1n) is 9.55. The quantitative estimate of drug-likeness (QED) is 0.621. The number of benzene rings is 1. The molecule has 30 heavy (non-hydrogen) atoms. The summed E-state index contributed by atoms with van der Waals surface area (Å²) < 4.78 is 24.8. The zero-order valence-corrected chi connectivity index (χ0v) is 18.5. The summed E-state index contributed by atoms with van der Waals surface area (Å²) in [6, 6.07) is 10.7. The van der Waals surface area contributed by atoms with Crippen LogP contribution in [0.1, 0.15) is 26.3 Å². The van der Waals surface area contributed by atoms with E-state index in [1.54, 1.807) is 37.4 Å². The zero-order valence-electron chi connectivity index (χ0n) is 16.9. The lowest BCUT2D eigenvalue weighted by Gasteiger charge is -2.22. The van der Waals surface area contributed by atoms with Crippen molar-refractivity contribution in [1.29, 1.82) is 0 Å². The van der Waals surface area contributed by atoms with Gasteiger partial charge in [-0.25, -0.2) is 23.4 Å². The van der Waals surface area contributed by atoms with Gasteiger partial charge < -0.3 is 10.2 Å². The largest absolute Gasteiger partial charge is 0.325 e. The molecule has 156 valence electrons. The second-order valence-electron chi connectivity index (χ2n) is 7.80. The van der Waals surface area contributed by atoms with Crippen LogP contribution in [0.25, 0.3) is 0 Å². The van der Waals surface area contributed by atoms with E-state index in [1.807, 2.05) is 17.0 Å². The van der Waals surface area contributed by atoms with Gasteiger partial charge in [0.25, 0.3) is 0 Å². The van der Waals surface area contributed by atoms with Gasteiger partial charge in [-0.1, -0.05) is 38.4 Å². The Labute approximate surface area is 181 Å². The third-order valence-corrected chi connectivity index (χ3v) is 7.15. The molecule has 1 aromatic carbocycles. The summed E-state index contributed by atoms with van der Waals surface area (Å²) >= 11 is 5.89. The Bertz CT molecular complexity index is 1200. The Morgan fingerprint density at radius 3 is 2.60 bits per heavy atom. The van der Waals surface area contributed by atoms with Crippen molar-refractivity contribution in [2.24, 2.45) is 0 Å². The highest BCUT2D eigenvalue weighted by Crippen LogP contribution is 2.44. The predicted octanol–water partition coefficient (Wildman–Crippen LogP) is 4.49. The normalized spacial score (nSPS) is 15.1. The van der Waals surface area contributed by atoms with Crippen molar-refractivity contribution in [3.8, 4) is 0 Å². The van der Waals surface area contributed by atoms with Gasteiger partial charge in [-0.15, -0.1) is 0 Å². The van der Waals surface area contributed by atoms with Gasteiger partial charge in [0.2, 0.25) is 0 Å². The minimum absolute atomic E-state index is 0.0604. The fourth-order valence-electron chi connectivity index (χ4n) is 3.58. The van der Waals surface area contributed by atoms with E-state index in [-0.39, 0.29) is 11.2 Å². The highest BCUT2D eigenvalue weighted by molar-refractivity contribution is 7.91. The van der Waals surface area contributed by atoms with Crippen molar-refractivity contribution in [2.45, 2.75) is 31.1 Å². The van der Waals surface area contributed by atoms with Crippen molar-refractivity contribution in [3.05, 3.63) is 59.5 Å². The van der Waals surface area contributed by atoms with Gasteiger partial charge in [0.05, 0.1) is 15.7 Å². The SMILES string of the molecule is CCS(=O)(=O)c1ccc2c(c1)N(c1cc(Nc3ccc(Cl)cn3)ncn1)CC2(C)C. The van der Waals surface area contributed by atoms with Gasteiger partial charge in [-0.2, -0.15) is 0 Å². The van der Waals surface area contributed by atoms with Crippen LogP contribution in [0.5, 0.6) is 0 Å². The molecule has 1 aliphatic heterocycles. The number of halogens is 1. The number of rotatable bonds is 5. The number of fused-ring (bicyclic) bond motifs is 1. The van der Waals surface area contributed by atoms with Gasteiger partial charge >= 0.3 is 0 Å². The zero-order chi connectivity index (χ0) is 21.5. The van der Waals surface area contributed by atoms with Crippen LogP contribution >= 0.6 is 11.6 Å². The number of hydrogen-bond acceptors (Lipinski definition) is 7. The molecule has 0 amide bonds. The van der Waals surface area contributed by atoms with Crippen molar-refractivity contribution >= 4 is 44.6 Å². The average molecular weight is 444 g/mol. The molecule has 4 rings (SSSR count). The molecule has 3 heterocycles. The van der Waals surface area contributed by atoms with Crippen molar-refractivity contribution in [3.63, 3.8) is 0 Å². The van der Waals surface area contributed by atoms with Crippen LogP contribution in [-0.4, -0.2) is 35.7 Å². The lowest BCUT2D eigenvalue weighted by atomic mass is 9.87. The third kappa shape index (κ3) is 3.85. The van der Waals surface area contributed by atoms with Gasteiger partial charge in [0, 0.05) is 29.9 Å². The van der Waals surface area contributed by atoms with E-state index in [9.17, 15) is 8.42 Å². The van der Waals surface area contributed by atoms with Crippen LogP contribution in [0.4, 0.5) is 23.1 Å². The lowest BCUT2D eigenvalue weighted by Crippen LogP contribution is -2.25. The van der Waals surface area contributed by atoms with Gasteiger partial charge in [0.1, 0.15) is 23.8 Å². The van der Waals surface area contributed by atoms with Crippen LogP contribution in [0.2, 0.25) is 5.02 Å². The standard InChI is InChI=1S/C21H22ClN5O2S/c1-4-30(28,29)15-6-7-16-17(9-15)27(12-21(16,2)3)20-10-19(24-13-25-20)26-18-8-5-14(22)11-23-18/h5-11,13H,4,12H2,1-3H3,(H,23,24,25,26). The number of sulfone groups is 1. The Morgan fingerprint density at radius 2 is 1.90 bits per heavy atom. The second kappa shape index (κ2) is 7.52. The number of hydrogen-bond donors (Lipinski definition) is 1. The first kappa shape index (κ1) is 20.6. The molecule has 0 unspecified atom stereocenters. The number of nitrogens with zero attached hydrogens (tertiary/aromatic N) is 4. The summed E-state index contributed by atoms with van der Waals surface area (Å²) in [5.74, 6) is 1.94. The van der Waals surface area contributed by atoms with E-state index >= 15 is 0 Å². The van der Waals surface area contributed by atoms with E-state index in [1.165, 1.54) is 6.33 Å². The fourth-order valence-corrected chi connectivity index (χ4v) is 4.59. The number of nitrogens with one attached hydrogen (secondary N) is 1. The fraction of sp³-hybridized carbons (Fsp3) is 0.286. The van der Waals surface area contributed by atoms with E-state index in [0.29, 0.717) is 33.9 Å². The molecule has 2 aromatic heterocycles. The average Bonchev–Trinajstić information content (AvgIpc) is 3.00. The summed E-state index contributed by atoms with van der Waals surface area (Å²) in [5.41, 5.74) is 1.79. The van der Waals surface area contributed by atoms with E-state index in [4.69, 9.17) is 11.6 Å². The van der Waals surface area contributed by atoms with Crippen LogP contribution in [0.15, 0.2) is 53.8 Å².